The average Bonchev–Trinajstić information content (AvgIpc) is 2.53. The van der Waals surface area contributed by atoms with Crippen molar-refractivity contribution in [3.05, 3.63) is 0 Å². The Balaban J connectivity index is -0.00000112. The van der Waals surface area contributed by atoms with Gasteiger partial charge in [0.15, 0.2) is 5.78 Å². The van der Waals surface area contributed by atoms with Crippen LogP contribution in [0.2, 0.25) is 0 Å². The SMILES string of the molecule is CC.CC.CC(=O)OC([C@H](C)C/C=N/NC(N)=O)[C@@H](C(C)=O)N(C)C. The van der Waals surface area contributed by atoms with Gasteiger partial charge in [-0.25, -0.2) is 10.2 Å². The number of carbonyl (C=O) groups excluding carboxylic acids is 3. The van der Waals surface area contributed by atoms with Crippen LogP contribution in [0, 0.1) is 5.92 Å². The fourth-order valence-electron chi connectivity index (χ4n) is 2.03. The number of likely N-dealkylation sites (N-methyl/N-ethyl adjacent to an activating group) is 1. The molecule has 0 radical (unpaired) electrons. The van der Waals surface area contributed by atoms with Crippen LogP contribution < -0.4 is 11.2 Å². The summed E-state index contributed by atoms with van der Waals surface area (Å²) in [7, 11) is 3.50. The standard InChI is InChI=1S/C13H24N4O4.2C2H6/c1-8(6-7-15-16-13(14)20)12(21-10(3)19)11(9(2)18)17(4)5;2*1-2/h7-8,11-12H,6H2,1-5H3,(H3,14,16,20);2*1-2H3/b15-7+;;/t8-,11-,12?;;/m1../s1. The first-order chi connectivity index (χ1) is 11.7. The molecule has 0 bridgehead atoms. The Kier molecular flexibility index (Phi) is 18.8. The van der Waals surface area contributed by atoms with Crippen LogP contribution >= 0.6 is 0 Å². The normalized spacial score (nSPS) is 13.5. The van der Waals surface area contributed by atoms with E-state index in [2.05, 4.69) is 10.5 Å². The van der Waals surface area contributed by atoms with Crippen molar-refractivity contribution in [3.63, 3.8) is 0 Å². The van der Waals surface area contributed by atoms with Crippen molar-refractivity contribution in [1.82, 2.24) is 10.3 Å². The van der Waals surface area contributed by atoms with Gasteiger partial charge in [-0.15, -0.1) is 0 Å². The molecule has 0 aliphatic carbocycles. The monoisotopic (exact) mass is 360 g/mol. The summed E-state index contributed by atoms with van der Waals surface area (Å²) < 4.78 is 5.30. The van der Waals surface area contributed by atoms with Crippen molar-refractivity contribution in [2.24, 2.45) is 16.8 Å². The Hall–Kier alpha value is -1.96. The van der Waals surface area contributed by atoms with Gasteiger partial charge < -0.3 is 10.5 Å². The molecular formula is C17H36N4O4. The number of amides is 2. The molecule has 8 nitrogen and oxygen atoms in total. The van der Waals surface area contributed by atoms with E-state index in [1.165, 1.54) is 20.1 Å². The van der Waals surface area contributed by atoms with E-state index >= 15 is 0 Å². The quantitative estimate of drug-likeness (QED) is 0.391. The molecule has 3 atom stereocenters. The lowest BCUT2D eigenvalue weighted by Crippen LogP contribution is -2.49. The van der Waals surface area contributed by atoms with Crippen molar-refractivity contribution < 1.29 is 19.1 Å². The number of urea groups is 1. The first-order valence-electron chi connectivity index (χ1n) is 8.57. The van der Waals surface area contributed by atoms with Crippen molar-refractivity contribution in [2.75, 3.05) is 14.1 Å². The van der Waals surface area contributed by atoms with Crippen LogP contribution in [0.1, 0.15) is 54.9 Å². The predicted molar refractivity (Wildman–Crippen MR) is 101 cm³/mol. The lowest BCUT2D eigenvalue weighted by molar-refractivity contribution is -0.154. The van der Waals surface area contributed by atoms with Gasteiger partial charge in [-0.3, -0.25) is 14.5 Å². The predicted octanol–water partition coefficient (Wildman–Crippen LogP) is 2.17. The summed E-state index contributed by atoms with van der Waals surface area (Å²) in [4.78, 5) is 35.3. The second-order valence-corrected chi connectivity index (χ2v) is 5.09. The van der Waals surface area contributed by atoms with E-state index in [-0.39, 0.29) is 11.7 Å². The third-order valence-electron chi connectivity index (χ3n) is 2.89. The molecule has 3 N–H and O–H groups in total. The number of ether oxygens (including phenoxy) is 1. The summed E-state index contributed by atoms with van der Waals surface area (Å²) in [5, 5.41) is 3.63. The zero-order chi connectivity index (χ0) is 20.6. The Labute approximate surface area is 152 Å². The van der Waals surface area contributed by atoms with Gasteiger partial charge in [0.2, 0.25) is 0 Å². The summed E-state index contributed by atoms with van der Waals surface area (Å²) in [6.45, 7) is 12.6. The van der Waals surface area contributed by atoms with Crippen LogP contribution in [0.3, 0.4) is 0 Å². The molecule has 0 heterocycles. The van der Waals surface area contributed by atoms with Gasteiger partial charge in [-0.1, -0.05) is 34.6 Å². The van der Waals surface area contributed by atoms with E-state index in [1.807, 2.05) is 34.6 Å². The highest BCUT2D eigenvalue weighted by Gasteiger charge is 2.34. The molecule has 0 spiro atoms. The number of hydrogen-bond acceptors (Lipinski definition) is 6. The highest BCUT2D eigenvalue weighted by molar-refractivity contribution is 5.82. The lowest BCUT2D eigenvalue weighted by atomic mass is 9.92. The van der Waals surface area contributed by atoms with E-state index in [0.717, 1.165) is 0 Å². The van der Waals surface area contributed by atoms with Gasteiger partial charge in [0.05, 0.1) is 0 Å². The molecule has 0 saturated heterocycles. The maximum absolute atomic E-state index is 11.8. The highest BCUT2D eigenvalue weighted by Crippen LogP contribution is 2.19. The zero-order valence-electron chi connectivity index (χ0n) is 17.1. The molecular weight excluding hydrogens is 324 g/mol. The fourth-order valence-corrected chi connectivity index (χ4v) is 2.03. The van der Waals surface area contributed by atoms with Crippen molar-refractivity contribution in [3.8, 4) is 0 Å². The molecule has 0 aliphatic heterocycles. The second kappa shape index (κ2) is 16.9. The number of esters is 1. The van der Waals surface area contributed by atoms with Crippen molar-refractivity contribution in [2.45, 2.75) is 67.0 Å². The van der Waals surface area contributed by atoms with E-state index in [1.54, 1.807) is 19.0 Å². The van der Waals surface area contributed by atoms with Crippen LogP contribution in [0.25, 0.3) is 0 Å². The summed E-state index contributed by atoms with van der Waals surface area (Å²) in [6, 6.07) is -1.30. The Bertz CT molecular complexity index is 411. The molecule has 0 saturated carbocycles. The van der Waals surface area contributed by atoms with Crippen LogP contribution in [0.4, 0.5) is 4.79 Å². The van der Waals surface area contributed by atoms with E-state index in [4.69, 9.17) is 10.5 Å². The topological polar surface area (TPSA) is 114 Å². The minimum Gasteiger partial charge on any atom is -0.460 e. The number of nitrogens with one attached hydrogen (secondary N) is 1. The van der Waals surface area contributed by atoms with Gasteiger partial charge in [0, 0.05) is 19.1 Å². The average molecular weight is 360 g/mol. The first-order valence-corrected chi connectivity index (χ1v) is 8.57. The van der Waals surface area contributed by atoms with Gasteiger partial charge in [0.1, 0.15) is 12.1 Å². The highest BCUT2D eigenvalue weighted by atomic mass is 16.5. The number of primary amides is 1. The summed E-state index contributed by atoms with van der Waals surface area (Å²) >= 11 is 0. The van der Waals surface area contributed by atoms with Crippen LogP contribution in [-0.2, 0) is 14.3 Å². The third-order valence-corrected chi connectivity index (χ3v) is 2.89. The zero-order valence-corrected chi connectivity index (χ0v) is 17.1. The molecule has 0 aromatic heterocycles. The Morgan fingerprint density at radius 2 is 1.64 bits per heavy atom. The molecule has 8 heteroatoms. The van der Waals surface area contributed by atoms with E-state index < -0.39 is 24.1 Å². The Morgan fingerprint density at radius 3 is 1.96 bits per heavy atom. The van der Waals surface area contributed by atoms with Gasteiger partial charge in [-0.2, -0.15) is 5.10 Å². The fraction of sp³-hybridized carbons (Fsp3) is 0.765. The maximum atomic E-state index is 11.8. The number of hydrazone groups is 1. The molecule has 0 aromatic rings. The second-order valence-electron chi connectivity index (χ2n) is 5.09. The summed E-state index contributed by atoms with van der Waals surface area (Å²) in [5.74, 6) is -0.707. The number of carbonyl (C=O) groups is 3. The van der Waals surface area contributed by atoms with Crippen LogP contribution in [-0.4, -0.2) is 55.1 Å². The molecule has 0 fully saturated rings. The molecule has 0 aliphatic rings. The molecule has 0 aromatic carbocycles. The molecule has 0 rings (SSSR count). The molecule has 1 unspecified atom stereocenters. The number of ketones is 1. The van der Waals surface area contributed by atoms with Gasteiger partial charge in [-0.05, 0) is 27.4 Å². The summed E-state index contributed by atoms with van der Waals surface area (Å²) in [5.41, 5.74) is 6.96. The molecule has 2 amide bonds. The van der Waals surface area contributed by atoms with Gasteiger partial charge >= 0.3 is 12.0 Å². The summed E-state index contributed by atoms with van der Waals surface area (Å²) in [6.07, 6.45) is 1.27. The van der Waals surface area contributed by atoms with E-state index in [0.29, 0.717) is 6.42 Å². The third kappa shape index (κ3) is 14.1. The Morgan fingerprint density at radius 1 is 1.16 bits per heavy atom. The van der Waals surface area contributed by atoms with E-state index in [9.17, 15) is 14.4 Å². The van der Waals surface area contributed by atoms with Crippen molar-refractivity contribution >= 4 is 24.0 Å². The van der Waals surface area contributed by atoms with Crippen LogP contribution in [0.15, 0.2) is 5.10 Å². The largest absolute Gasteiger partial charge is 0.460 e. The number of nitrogens with two attached hydrogens (primary N) is 1. The van der Waals surface area contributed by atoms with Crippen LogP contribution in [0.5, 0.6) is 0 Å². The minimum atomic E-state index is -0.759. The molecule has 148 valence electrons. The van der Waals surface area contributed by atoms with Gasteiger partial charge in [0.25, 0.3) is 0 Å². The number of hydrogen-bond donors (Lipinski definition) is 2. The first kappa shape index (κ1) is 27.9. The minimum absolute atomic E-state index is 0.0923. The number of Topliss-reactive ketones (excluding diaryl/α,β-unsaturated/α-hetero) is 1. The number of nitrogens with zero attached hydrogens (tertiary/aromatic N) is 2. The van der Waals surface area contributed by atoms with Crippen molar-refractivity contribution in [1.29, 1.82) is 0 Å². The smallest absolute Gasteiger partial charge is 0.332 e. The number of rotatable bonds is 8. The molecule has 25 heavy (non-hydrogen) atoms. The maximum Gasteiger partial charge on any atom is 0.332 e. The lowest BCUT2D eigenvalue weighted by Gasteiger charge is -2.33.